The lowest BCUT2D eigenvalue weighted by Crippen LogP contribution is -2.49. The molecule has 1 aliphatic rings. The van der Waals surface area contributed by atoms with Crippen molar-refractivity contribution < 1.29 is 9.59 Å². The van der Waals surface area contributed by atoms with Crippen molar-refractivity contribution in [3.63, 3.8) is 0 Å². The molecule has 1 saturated heterocycles. The molecule has 102 valence electrons. The van der Waals surface area contributed by atoms with Crippen molar-refractivity contribution in [2.75, 3.05) is 6.54 Å². The smallest absolute Gasteiger partial charge is 0.324 e. The van der Waals surface area contributed by atoms with Crippen LogP contribution in [0.15, 0.2) is 30.3 Å². The third-order valence-corrected chi connectivity index (χ3v) is 3.13. The maximum absolute atomic E-state index is 12.3. The molecule has 0 radical (unpaired) electrons. The van der Waals surface area contributed by atoms with Crippen LogP contribution in [0.2, 0.25) is 0 Å². The van der Waals surface area contributed by atoms with Gasteiger partial charge in [-0.05, 0) is 32.8 Å². The van der Waals surface area contributed by atoms with Crippen LogP contribution < -0.4 is 5.32 Å². The molecule has 4 heteroatoms. The molecular weight excluding hydrogens is 240 g/mol. The van der Waals surface area contributed by atoms with Crippen LogP contribution in [-0.4, -0.2) is 28.9 Å². The minimum Gasteiger partial charge on any atom is -0.333 e. The molecule has 1 aliphatic heterocycles. The second kappa shape index (κ2) is 5.03. The van der Waals surface area contributed by atoms with Gasteiger partial charge < -0.3 is 5.32 Å². The van der Waals surface area contributed by atoms with Gasteiger partial charge in [0.2, 0.25) is 5.91 Å². The Bertz CT molecular complexity index is 477. The predicted octanol–water partition coefficient (Wildman–Crippen LogP) is 2.51. The molecule has 1 atom stereocenters. The van der Waals surface area contributed by atoms with Gasteiger partial charge in [-0.1, -0.05) is 30.3 Å². The highest BCUT2D eigenvalue weighted by molar-refractivity contribution is 5.99. The zero-order chi connectivity index (χ0) is 14.0. The summed E-state index contributed by atoms with van der Waals surface area (Å²) in [5, 5.41) is 2.83. The maximum Gasteiger partial charge on any atom is 0.324 e. The molecule has 0 bridgehead atoms. The molecule has 1 fully saturated rings. The first-order chi connectivity index (χ1) is 8.88. The normalized spacial score (nSPS) is 19.6. The quantitative estimate of drug-likeness (QED) is 0.843. The molecule has 2 rings (SSSR count). The first kappa shape index (κ1) is 13.6. The number of hydrogen-bond donors (Lipinski definition) is 1. The Morgan fingerprint density at radius 3 is 2.47 bits per heavy atom. The van der Waals surface area contributed by atoms with Crippen molar-refractivity contribution >= 4 is 11.9 Å². The van der Waals surface area contributed by atoms with Crippen LogP contribution in [0.1, 0.15) is 38.7 Å². The Morgan fingerprint density at radius 1 is 1.26 bits per heavy atom. The molecule has 0 aromatic heterocycles. The van der Waals surface area contributed by atoms with Crippen LogP contribution >= 0.6 is 0 Å². The van der Waals surface area contributed by atoms with Gasteiger partial charge >= 0.3 is 6.03 Å². The lowest BCUT2D eigenvalue weighted by molar-refractivity contribution is -0.126. The molecule has 0 aliphatic carbocycles. The number of urea groups is 1. The van der Waals surface area contributed by atoms with E-state index in [1.54, 1.807) is 0 Å². The number of benzene rings is 1. The van der Waals surface area contributed by atoms with Crippen molar-refractivity contribution in [3.8, 4) is 0 Å². The second-order valence-corrected chi connectivity index (χ2v) is 5.92. The van der Waals surface area contributed by atoms with E-state index in [2.05, 4.69) is 5.32 Å². The molecule has 1 aromatic carbocycles. The third-order valence-electron chi connectivity index (χ3n) is 3.13. The highest BCUT2D eigenvalue weighted by Gasteiger charge is 2.37. The summed E-state index contributed by atoms with van der Waals surface area (Å²) in [6.45, 7) is 6.20. The molecule has 3 amide bonds. The number of nitrogens with zero attached hydrogens (tertiary/aromatic N) is 1. The van der Waals surface area contributed by atoms with Crippen LogP contribution in [0.4, 0.5) is 4.79 Å². The van der Waals surface area contributed by atoms with E-state index < -0.39 is 0 Å². The number of likely N-dealkylation sites (tertiary alicyclic amines) is 1. The van der Waals surface area contributed by atoms with Gasteiger partial charge in [0.15, 0.2) is 0 Å². The SMILES string of the molecule is CC(C)(C)NC(=O)N1CCC(c2ccccc2)C1=O. The molecule has 19 heavy (non-hydrogen) atoms. The molecule has 1 unspecified atom stereocenters. The van der Waals surface area contributed by atoms with Gasteiger partial charge in [0.1, 0.15) is 0 Å². The lowest BCUT2D eigenvalue weighted by atomic mass is 9.98. The minimum absolute atomic E-state index is 0.104. The van der Waals surface area contributed by atoms with Crippen molar-refractivity contribution in [1.82, 2.24) is 10.2 Å². The summed E-state index contributed by atoms with van der Waals surface area (Å²) in [6, 6.07) is 9.34. The molecule has 1 aromatic rings. The Balaban J connectivity index is 2.08. The average molecular weight is 260 g/mol. The molecule has 4 nitrogen and oxygen atoms in total. The van der Waals surface area contributed by atoms with Gasteiger partial charge in [0, 0.05) is 12.1 Å². The van der Waals surface area contributed by atoms with E-state index >= 15 is 0 Å². The van der Waals surface area contributed by atoms with E-state index in [1.807, 2.05) is 51.1 Å². The van der Waals surface area contributed by atoms with Gasteiger partial charge in [-0.3, -0.25) is 9.69 Å². The zero-order valence-electron chi connectivity index (χ0n) is 11.6. The van der Waals surface area contributed by atoms with Crippen LogP contribution in [-0.2, 0) is 4.79 Å². The van der Waals surface area contributed by atoms with E-state index in [0.717, 1.165) is 5.56 Å². The molecule has 0 saturated carbocycles. The fourth-order valence-electron chi connectivity index (χ4n) is 2.26. The number of carbonyl (C=O) groups excluding carboxylic acids is 2. The first-order valence-corrected chi connectivity index (χ1v) is 6.57. The van der Waals surface area contributed by atoms with Crippen molar-refractivity contribution in [1.29, 1.82) is 0 Å². The summed E-state index contributed by atoms with van der Waals surface area (Å²) < 4.78 is 0. The minimum atomic E-state index is -0.331. The number of nitrogens with one attached hydrogen (secondary N) is 1. The maximum atomic E-state index is 12.3. The molecule has 1 heterocycles. The summed E-state index contributed by atoms with van der Waals surface area (Å²) in [5.41, 5.74) is 0.654. The molecular formula is C15H20N2O2. The monoisotopic (exact) mass is 260 g/mol. The van der Waals surface area contributed by atoms with E-state index in [4.69, 9.17) is 0 Å². The highest BCUT2D eigenvalue weighted by atomic mass is 16.2. The number of hydrogen-bond acceptors (Lipinski definition) is 2. The van der Waals surface area contributed by atoms with Gasteiger partial charge in [-0.25, -0.2) is 4.79 Å². The number of carbonyl (C=O) groups is 2. The number of imide groups is 1. The topological polar surface area (TPSA) is 49.4 Å². The summed E-state index contributed by atoms with van der Waals surface area (Å²) in [4.78, 5) is 25.7. The van der Waals surface area contributed by atoms with E-state index in [-0.39, 0.29) is 23.4 Å². The summed E-state index contributed by atoms with van der Waals surface area (Å²) in [7, 11) is 0. The Hall–Kier alpha value is -1.84. The van der Waals surface area contributed by atoms with Gasteiger partial charge in [0.05, 0.1) is 5.92 Å². The van der Waals surface area contributed by atoms with E-state index in [9.17, 15) is 9.59 Å². The van der Waals surface area contributed by atoms with E-state index in [0.29, 0.717) is 13.0 Å². The Morgan fingerprint density at radius 2 is 1.89 bits per heavy atom. The van der Waals surface area contributed by atoms with Crippen LogP contribution in [0, 0.1) is 0 Å². The summed E-state index contributed by atoms with van der Waals surface area (Å²) in [5.74, 6) is -0.292. The summed E-state index contributed by atoms with van der Waals surface area (Å²) in [6.07, 6.45) is 0.695. The first-order valence-electron chi connectivity index (χ1n) is 6.57. The zero-order valence-corrected chi connectivity index (χ0v) is 11.6. The van der Waals surface area contributed by atoms with Crippen LogP contribution in [0.5, 0.6) is 0 Å². The molecule has 0 spiro atoms. The van der Waals surface area contributed by atoms with Gasteiger partial charge in [-0.2, -0.15) is 0 Å². The standard InChI is InChI=1S/C15H20N2O2/c1-15(2,3)16-14(19)17-10-9-12(13(17)18)11-7-5-4-6-8-11/h4-8,12H,9-10H2,1-3H3,(H,16,19). The number of rotatable bonds is 1. The fraction of sp³-hybridized carbons (Fsp3) is 0.467. The van der Waals surface area contributed by atoms with Crippen molar-refractivity contribution in [2.45, 2.75) is 38.6 Å². The Kier molecular flexibility index (Phi) is 3.60. The highest BCUT2D eigenvalue weighted by Crippen LogP contribution is 2.28. The Labute approximate surface area is 113 Å². The summed E-state index contributed by atoms with van der Waals surface area (Å²) >= 11 is 0. The largest absolute Gasteiger partial charge is 0.333 e. The van der Waals surface area contributed by atoms with Crippen molar-refractivity contribution in [2.24, 2.45) is 0 Å². The number of amides is 3. The van der Waals surface area contributed by atoms with Crippen LogP contribution in [0.3, 0.4) is 0 Å². The van der Waals surface area contributed by atoms with Crippen molar-refractivity contribution in [3.05, 3.63) is 35.9 Å². The molecule has 1 N–H and O–H groups in total. The fourth-order valence-corrected chi connectivity index (χ4v) is 2.26. The van der Waals surface area contributed by atoms with Crippen LogP contribution in [0.25, 0.3) is 0 Å². The second-order valence-electron chi connectivity index (χ2n) is 5.92. The van der Waals surface area contributed by atoms with E-state index in [1.165, 1.54) is 4.90 Å². The van der Waals surface area contributed by atoms with Gasteiger partial charge in [0.25, 0.3) is 0 Å². The lowest BCUT2D eigenvalue weighted by Gasteiger charge is -2.24. The third kappa shape index (κ3) is 3.13. The predicted molar refractivity (Wildman–Crippen MR) is 73.8 cm³/mol. The average Bonchev–Trinajstić information content (AvgIpc) is 2.70. The van der Waals surface area contributed by atoms with Gasteiger partial charge in [-0.15, -0.1) is 0 Å².